The van der Waals surface area contributed by atoms with Crippen LogP contribution in [0.25, 0.3) is 22.2 Å². The van der Waals surface area contributed by atoms with E-state index in [1.807, 2.05) is 47.0 Å². The van der Waals surface area contributed by atoms with E-state index in [-0.39, 0.29) is 12.7 Å². The molecule has 3 heterocycles. The van der Waals surface area contributed by atoms with Gasteiger partial charge in [-0.1, -0.05) is 51.3 Å². The maximum absolute atomic E-state index is 13.4. The van der Waals surface area contributed by atoms with E-state index in [4.69, 9.17) is 25.2 Å². The molecule has 35 heavy (non-hydrogen) atoms. The van der Waals surface area contributed by atoms with Gasteiger partial charge in [-0.25, -0.2) is 9.97 Å². The van der Waals surface area contributed by atoms with Crippen LogP contribution < -0.4 is 20.5 Å². The first-order chi connectivity index (χ1) is 17.1. The van der Waals surface area contributed by atoms with Crippen LogP contribution in [0.3, 0.4) is 0 Å². The number of para-hydroxylation sites is 2. The number of carbonyl (C=O) groups excluding carboxylic acids is 1. The summed E-state index contributed by atoms with van der Waals surface area (Å²) in [6, 6.07) is 13.3. The summed E-state index contributed by atoms with van der Waals surface area (Å²) in [6.07, 6.45) is 4.45. The Hall–Kier alpha value is -3.81. The van der Waals surface area contributed by atoms with Gasteiger partial charge in [0.2, 0.25) is 6.79 Å². The minimum atomic E-state index is -0.268. The van der Waals surface area contributed by atoms with Gasteiger partial charge in [0.25, 0.3) is 5.91 Å². The quantitative estimate of drug-likeness (QED) is 0.353. The molecule has 0 fully saturated rings. The molecule has 3 N–H and O–H groups in total. The lowest BCUT2D eigenvalue weighted by atomic mass is 9.99. The average molecular weight is 474 g/mol. The molecule has 1 aliphatic rings. The largest absolute Gasteiger partial charge is 0.454 e. The van der Waals surface area contributed by atoms with Crippen molar-refractivity contribution in [1.82, 2.24) is 19.9 Å². The topological polar surface area (TPSA) is 104 Å². The standard InChI is InChI=1S/C27H31N5O3/c1-3-5-8-17(4-2)15-32-25(28)23(24-26(32)31-20-10-7-6-9-19(20)30-24)27(33)29-14-18-11-12-21-22(13-18)35-16-34-21/h6-7,9-13,17H,3-5,8,14-16,28H2,1-2H3,(H,29,33). The van der Waals surface area contributed by atoms with E-state index < -0.39 is 0 Å². The first-order valence-corrected chi connectivity index (χ1v) is 12.3. The highest BCUT2D eigenvalue weighted by Crippen LogP contribution is 2.33. The van der Waals surface area contributed by atoms with Crippen molar-refractivity contribution in [3.05, 3.63) is 53.6 Å². The second-order valence-electron chi connectivity index (χ2n) is 9.04. The summed E-state index contributed by atoms with van der Waals surface area (Å²) in [4.78, 5) is 23.1. The lowest BCUT2D eigenvalue weighted by molar-refractivity contribution is 0.0953. The van der Waals surface area contributed by atoms with E-state index in [1.165, 1.54) is 0 Å². The predicted molar refractivity (Wildman–Crippen MR) is 136 cm³/mol. The highest BCUT2D eigenvalue weighted by molar-refractivity contribution is 6.10. The fourth-order valence-electron chi connectivity index (χ4n) is 4.62. The molecule has 4 aromatic rings. The van der Waals surface area contributed by atoms with Gasteiger partial charge in [0, 0.05) is 13.1 Å². The van der Waals surface area contributed by atoms with Crippen molar-refractivity contribution in [3.63, 3.8) is 0 Å². The molecule has 8 heteroatoms. The van der Waals surface area contributed by atoms with Crippen molar-refractivity contribution >= 4 is 33.9 Å². The number of amides is 1. The van der Waals surface area contributed by atoms with Crippen LogP contribution in [0.15, 0.2) is 42.5 Å². The SMILES string of the molecule is CCCCC(CC)Cn1c(N)c(C(=O)NCc2ccc3c(c2)OCO3)c2nc3ccccc3nc21. The number of fused-ring (bicyclic) bond motifs is 3. The normalized spacial score (nSPS) is 13.4. The molecule has 2 aromatic heterocycles. The number of benzene rings is 2. The predicted octanol–water partition coefficient (Wildman–Crippen LogP) is 5.04. The summed E-state index contributed by atoms with van der Waals surface area (Å²) in [7, 11) is 0. The highest BCUT2D eigenvalue weighted by Gasteiger charge is 2.25. The molecular formula is C27H31N5O3. The van der Waals surface area contributed by atoms with Gasteiger partial charge in [0.15, 0.2) is 17.1 Å². The van der Waals surface area contributed by atoms with Crippen molar-refractivity contribution in [2.75, 3.05) is 12.5 Å². The molecule has 1 aliphatic heterocycles. The van der Waals surface area contributed by atoms with Crippen LogP contribution in [0.4, 0.5) is 5.82 Å². The molecule has 0 saturated heterocycles. The first-order valence-electron chi connectivity index (χ1n) is 12.3. The van der Waals surface area contributed by atoms with E-state index in [2.05, 4.69) is 19.2 Å². The van der Waals surface area contributed by atoms with Crippen molar-refractivity contribution in [1.29, 1.82) is 0 Å². The van der Waals surface area contributed by atoms with Gasteiger partial charge in [-0.15, -0.1) is 0 Å². The number of hydrogen-bond acceptors (Lipinski definition) is 6. The first kappa shape index (κ1) is 23.0. The number of nitrogens with zero attached hydrogens (tertiary/aromatic N) is 3. The molecule has 182 valence electrons. The number of aromatic nitrogens is 3. The van der Waals surface area contributed by atoms with Gasteiger partial charge >= 0.3 is 0 Å². The molecule has 2 aromatic carbocycles. The lowest BCUT2D eigenvalue weighted by Gasteiger charge is -2.17. The maximum Gasteiger partial charge on any atom is 0.257 e. The Morgan fingerprint density at radius 1 is 1.11 bits per heavy atom. The summed E-state index contributed by atoms with van der Waals surface area (Å²) in [6.45, 7) is 5.65. The third-order valence-electron chi connectivity index (χ3n) is 6.69. The number of unbranched alkanes of at least 4 members (excludes halogenated alkanes) is 1. The fourth-order valence-corrected chi connectivity index (χ4v) is 4.62. The Morgan fingerprint density at radius 2 is 1.89 bits per heavy atom. The van der Waals surface area contributed by atoms with Crippen molar-refractivity contribution in [2.45, 2.75) is 52.6 Å². The number of hydrogen-bond donors (Lipinski definition) is 2. The zero-order valence-electron chi connectivity index (χ0n) is 20.2. The number of anilines is 1. The lowest BCUT2D eigenvalue weighted by Crippen LogP contribution is -2.24. The van der Waals surface area contributed by atoms with Crippen molar-refractivity contribution in [3.8, 4) is 11.5 Å². The number of nitrogen functional groups attached to an aromatic ring is 1. The number of ether oxygens (including phenoxy) is 2. The average Bonchev–Trinajstić information content (AvgIpc) is 3.45. The highest BCUT2D eigenvalue weighted by atomic mass is 16.7. The van der Waals surface area contributed by atoms with Crippen LogP contribution in [0.2, 0.25) is 0 Å². The monoisotopic (exact) mass is 473 g/mol. The van der Waals surface area contributed by atoms with Gasteiger partial charge in [-0.3, -0.25) is 4.79 Å². The number of carbonyl (C=O) groups is 1. The molecule has 0 bridgehead atoms. The summed E-state index contributed by atoms with van der Waals surface area (Å²) in [5.41, 5.74) is 10.6. The van der Waals surface area contributed by atoms with Gasteiger partial charge in [0.1, 0.15) is 16.9 Å². The van der Waals surface area contributed by atoms with E-state index in [0.717, 1.165) is 42.3 Å². The minimum Gasteiger partial charge on any atom is -0.454 e. The zero-order chi connectivity index (χ0) is 24.4. The Balaban J connectivity index is 1.50. The van der Waals surface area contributed by atoms with Gasteiger partial charge in [-0.2, -0.15) is 0 Å². The van der Waals surface area contributed by atoms with Gasteiger partial charge in [-0.05, 0) is 42.2 Å². The van der Waals surface area contributed by atoms with Crippen LogP contribution in [0.1, 0.15) is 55.5 Å². The molecule has 1 amide bonds. The molecule has 5 rings (SSSR count). The van der Waals surface area contributed by atoms with Crippen LogP contribution >= 0.6 is 0 Å². The number of nitrogens with two attached hydrogens (primary N) is 1. The van der Waals surface area contributed by atoms with Gasteiger partial charge in [0.05, 0.1) is 11.0 Å². The van der Waals surface area contributed by atoms with E-state index in [0.29, 0.717) is 53.1 Å². The van der Waals surface area contributed by atoms with Crippen LogP contribution in [-0.2, 0) is 13.1 Å². The van der Waals surface area contributed by atoms with Crippen molar-refractivity contribution in [2.24, 2.45) is 5.92 Å². The third-order valence-corrected chi connectivity index (χ3v) is 6.69. The van der Waals surface area contributed by atoms with E-state index >= 15 is 0 Å². The number of rotatable bonds is 9. The Morgan fingerprint density at radius 3 is 2.66 bits per heavy atom. The van der Waals surface area contributed by atoms with Crippen LogP contribution in [0.5, 0.6) is 11.5 Å². The number of nitrogens with one attached hydrogen (secondary N) is 1. The molecule has 0 saturated carbocycles. The molecule has 8 nitrogen and oxygen atoms in total. The minimum absolute atomic E-state index is 0.213. The van der Waals surface area contributed by atoms with Crippen molar-refractivity contribution < 1.29 is 14.3 Å². The molecule has 1 atom stereocenters. The molecule has 0 radical (unpaired) electrons. The Labute approximate surface area is 204 Å². The molecular weight excluding hydrogens is 442 g/mol. The molecule has 0 aliphatic carbocycles. The molecule has 1 unspecified atom stereocenters. The second-order valence-corrected chi connectivity index (χ2v) is 9.04. The summed E-state index contributed by atoms with van der Waals surface area (Å²) >= 11 is 0. The van der Waals surface area contributed by atoms with E-state index in [9.17, 15) is 4.79 Å². The van der Waals surface area contributed by atoms with Gasteiger partial charge < -0.3 is 25.1 Å². The Kier molecular flexibility index (Phi) is 6.44. The third kappa shape index (κ3) is 4.48. The summed E-state index contributed by atoms with van der Waals surface area (Å²) in [5, 5.41) is 3.01. The molecule has 0 spiro atoms. The summed E-state index contributed by atoms with van der Waals surface area (Å²) in [5.74, 6) is 1.99. The second kappa shape index (κ2) is 9.82. The van der Waals surface area contributed by atoms with E-state index in [1.54, 1.807) is 0 Å². The Bertz CT molecular complexity index is 1380. The zero-order valence-corrected chi connectivity index (χ0v) is 20.2. The summed E-state index contributed by atoms with van der Waals surface area (Å²) < 4.78 is 12.8. The smallest absolute Gasteiger partial charge is 0.257 e. The van der Waals surface area contributed by atoms with Crippen LogP contribution in [-0.4, -0.2) is 27.2 Å². The van der Waals surface area contributed by atoms with Crippen LogP contribution in [0, 0.1) is 5.92 Å². The fraction of sp³-hybridized carbons (Fsp3) is 0.370. The maximum atomic E-state index is 13.4.